The molecule has 3 heterocycles. The molecule has 0 amide bonds. The van der Waals surface area contributed by atoms with Crippen molar-refractivity contribution in [1.29, 1.82) is 0 Å². The second kappa shape index (κ2) is 3.96. The van der Waals surface area contributed by atoms with Gasteiger partial charge < -0.3 is 0 Å². The van der Waals surface area contributed by atoms with Gasteiger partial charge in [0.05, 0.1) is 5.52 Å². The van der Waals surface area contributed by atoms with Crippen LogP contribution < -0.4 is 11.2 Å². The van der Waals surface area contributed by atoms with E-state index < -0.39 is 5.69 Å². The Labute approximate surface area is 102 Å². The Morgan fingerprint density at radius 1 is 1.00 bits per heavy atom. The summed E-state index contributed by atoms with van der Waals surface area (Å²) < 4.78 is 2.46. The molecule has 0 fully saturated rings. The van der Waals surface area contributed by atoms with E-state index in [4.69, 9.17) is 0 Å². The van der Waals surface area contributed by atoms with Crippen molar-refractivity contribution in [3.63, 3.8) is 0 Å². The third kappa shape index (κ3) is 1.53. The molecule has 0 unspecified atom stereocenters. The Bertz CT molecular complexity index is 819. The largest absolute Gasteiger partial charge is 0.341 e. The van der Waals surface area contributed by atoms with Crippen molar-refractivity contribution in [3.05, 3.63) is 75.7 Å². The Balaban J connectivity index is 2.45. The molecule has 0 N–H and O–H groups in total. The second-order valence-corrected chi connectivity index (χ2v) is 3.78. The highest BCUT2D eigenvalue weighted by atomic mass is 16.2. The summed E-state index contributed by atoms with van der Waals surface area (Å²) in [5, 5.41) is 0. The maximum atomic E-state index is 12.2. The fourth-order valence-electron chi connectivity index (χ4n) is 1.84. The lowest BCUT2D eigenvalue weighted by atomic mass is 10.3. The fourth-order valence-corrected chi connectivity index (χ4v) is 1.84. The molecule has 5 heteroatoms. The molecule has 88 valence electrons. The van der Waals surface area contributed by atoms with Gasteiger partial charge in [0.15, 0.2) is 0 Å². The average molecular weight is 239 g/mol. The van der Waals surface area contributed by atoms with Crippen molar-refractivity contribution in [1.82, 2.24) is 14.0 Å². The molecule has 3 aromatic heterocycles. The first kappa shape index (κ1) is 10.5. The van der Waals surface area contributed by atoms with E-state index in [0.29, 0.717) is 11.3 Å². The van der Waals surface area contributed by atoms with Crippen LogP contribution in [0.2, 0.25) is 0 Å². The van der Waals surface area contributed by atoms with E-state index in [1.165, 1.54) is 10.5 Å². The van der Waals surface area contributed by atoms with E-state index in [9.17, 15) is 9.59 Å². The zero-order valence-electron chi connectivity index (χ0n) is 9.35. The smallest absolute Gasteiger partial charge is 0.269 e. The molecule has 3 aromatic rings. The number of fused-ring (bicyclic) bond motifs is 1. The van der Waals surface area contributed by atoms with E-state index in [-0.39, 0.29) is 5.56 Å². The SMILES string of the molecule is O=c1cc2ccccn2c(=O)n1-c1ccccn1. The highest BCUT2D eigenvalue weighted by Gasteiger charge is 2.07. The van der Waals surface area contributed by atoms with Crippen molar-refractivity contribution >= 4 is 5.52 Å². The lowest BCUT2D eigenvalue weighted by molar-refractivity contribution is 0.821. The number of hydrogen-bond donors (Lipinski definition) is 0. The van der Waals surface area contributed by atoms with Gasteiger partial charge in [-0.15, -0.1) is 0 Å². The minimum absolute atomic E-state index is 0.325. The molecular weight excluding hydrogens is 230 g/mol. The van der Waals surface area contributed by atoms with Gasteiger partial charge in [-0.3, -0.25) is 9.20 Å². The van der Waals surface area contributed by atoms with Crippen LogP contribution in [0.4, 0.5) is 0 Å². The molecule has 0 saturated carbocycles. The minimum Gasteiger partial charge on any atom is -0.269 e. The Morgan fingerprint density at radius 2 is 1.83 bits per heavy atom. The number of rotatable bonds is 1. The first-order valence-electron chi connectivity index (χ1n) is 5.42. The first-order chi connectivity index (χ1) is 8.77. The zero-order chi connectivity index (χ0) is 12.5. The van der Waals surface area contributed by atoms with Crippen LogP contribution in [0, 0.1) is 0 Å². The van der Waals surface area contributed by atoms with E-state index >= 15 is 0 Å². The summed E-state index contributed by atoms with van der Waals surface area (Å²) in [6.45, 7) is 0. The van der Waals surface area contributed by atoms with Gasteiger partial charge in [-0.2, -0.15) is 0 Å². The summed E-state index contributed by atoms with van der Waals surface area (Å²) in [6.07, 6.45) is 3.16. The lowest BCUT2D eigenvalue weighted by Crippen LogP contribution is -2.35. The quantitative estimate of drug-likeness (QED) is 0.632. The third-order valence-corrected chi connectivity index (χ3v) is 2.66. The average Bonchev–Trinajstić information content (AvgIpc) is 2.40. The molecule has 3 rings (SSSR count). The van der Waals surface area contributed by atoms with Crippen LogP contribution in [0.5, 0.6) is 0 Å². The Hall–Kier alpha value is -2.69. The highest BCUT2D eigenvalue weighted by Crippen LogP contribution is 1.99. The molecule has 0 spiro atoms. The van der Waals surface area contributed by atoms with Crippen molar-refractivity contribution in [3.8, 4) is 5.82 Å². The van der Waals surface area contributed by atoms with Gasteiger partial charge >= 0.3 is 5.69 Å². The Kier molecular flexibility index (Phi) is 2.30. The topological polar surface area (TPSA) is 56.4 Å². The van der Waals surface area contributed by atoms with E-state index in [0.717, 1.165) is 4.57 Å². The molecule has 0 bridgehead atoms. The van der Waals surface area contributed by atoms with Crippen LogP contribution in [0.1, 0.15) is 0 Å². The number of aromatic nitrogens is 3. The summed E-state index contributed by atoms with van der Waals surface area (Å²) in [5.74, 6) is 0.325. The monoisotopic (exact) mass is 239 g/mol. The van der Waals surface area contributed by atoms with E-state index in [1.807, 2.05) is 0 Å². The van der Waals surface area contributed by atoms with Crippen LogP contribution in [-0.2, 0) is 0 Å². The molecular formula is C13H9N3O2. The van der Waals surface area contributed by atoms with Crippen molar-refractivity contribution in [2.24, 2.45) is 0 Å². The zero-order valence-corrected chi connectivity index (χ0v) is 9.35. The van der Waals surface area contributed by atoms with Gasteiger partial charge in [0.25, 0.3) is 5.56 Å². The van der Waals surface area contributed by atoms with Gasteiger partial charge in [-0.25, -0.2) is 14.3 Å². The van der Waals surface area contributed by atoms with Crippen molar-refractivity contribution in [2.45, 2.75) is 0 Å². The predicted molar refractivity (Wildman–Crippen MR) is 67.1 cm³/mol. The van der Waals surface area contributed by atoms with Gasteiger partial charge in [0.1, 0.15) is 5.82 Å². The van der Waals surface area contributed by atoms with Crippen molar-refractivity contribution in [2.75, 3.05) is 0 Å². The summed E-state index contributed by atoms with van der Waals surface area (Å²) in [4.78, 5) is 28.2. The van der Waals surface area contributed by atoms with Crippen LogP contribution in [0.15, 0.2) is 64.4 Å². The van der Waals surface area contributed by atoms with E-state index in [1.54, 1.807) is 48.8 Å². The summed E-state index contributed by atoms with van der Waals surface area (Å²) in [6, 6.07) is 11.7. The molecule has 0 aliphatic rings. The maximum Gasteiger partial charge on any atom is 0.341 e. The summed E-state index contributed by atoms with van der Waals surface area (Å²) >= 11 is 0. The van der Waals surface area contributed by atoms with E-state index in [2.05, 4.69) is 4.98 Å². The van der Waals surface area contributed by atoms with Crippen molar-refractivity contribution < 1.29 is 0 Å². The van der Waals surface area contributed by atoms with Gasteiger partial charge in [0, 0.05) is 18.5 Å². The molecule has 18 heavy (non-hydrogen) atoms. The van der Waals surface area contributed by atoms with Crippen LogP contribution in [0.25, 0.3) is 11.3 Å². The van der Waals surface area contributed by atoms with Crippen LogP contribution >= 0.6 is 0 Å². The number of pyridine rings is 2. The first-order valence-corrected chi connectivity index (χ1v) is 5.42. The standard InChI is InChI=1S/C13H9N3O2/c17-12-9-10-5-2-4-8-15(10)13(18)16(12)11-6-1-3-7-14-11/h1-9H. The summed E-state index contributed by atoms with van der Waals surface area (Å²) in [7, 11) is 0. The molecule has 0 aromatic carbocycles. The van der Waals surface area contributed by atoms with Gasteiger partial charge in [-0.05, 0) is 24.3 Å². The number of nitrogens with zero attached hydrogens (tertiary/aromatic N) is 3. The molecule has 0 atom stereocenters. The highest BCUT2D eigenvalue weighted by molar-refractivity contribution is 5.45. The van der Waals surface area contributed by atoms with Crippen LogP contribution in [0.3, 0.4) is 0 Å². The molecule has 0 aliphatic carbocycles. The summed E-state index contributed by atoms with van der Waals surface area (Å²) in [5.41, 5.74) is -0.235. The fraction of sp³-hybridized carbons (Fsp3) is 0. The maximum absolute atomic E-state index is 12.2. The normalized spacial score (nSPS) is 10.7. The molecule has 5 nitrogen and oxygen atoms in total. The predicted octanol–water partition coefficient (Wildman–Crippen LogP) is 0.845. The number of hydrogen-bond acceptors (Lipinski definition) is 3. The van der Waals surface area contributed by atoms with Crippen LogP contribution in [-0.4, -0.2) is 14.0 Å². The lowest BCUT2D eigenvalue weighted by Gasteiger charge is -2.05. The Morgan fingerprint density at radius 3 is 2.61 bits per heavy atom. The molecule has 0 saturated heterocycles. The third-order valence-electron chi connectivity index (χ3n) is 2.66. The van der Waals surface area contributed by atoms with Gasteiger partial charge in [0.2, 0.25) is 0 Å². The molecule has 0 radical (unpaired) electrons. The second-order valence-electron chi connectivity index (χ2n) is 3.78. The van der Waals surface area contributed by atoms with Gasteiger partial charge in [-0.1, -0.05) is 12.1 Å². The minimum atomic E-state index is -0.420. The molecule has 0 aliphatic heterocycles.